The Bertz CT molecular complexity index is 541. The lowest BCUT2D eigenvalue weighted by Gasteiger charge is -2.08. The number of benzene rings is 1. The quantitative estimate of drug-likeness (QED) is 0.808. The first kappa shape index (κ1) is 11.1. The van der Waals surface area contributed by atoms with Crippen molar-refractivity contribution >= 4 is 12.1 Å². The van der Waals surface area contributed by atoms with E-state index in [2.05, 4.69) is 9.97 Å². The molecule has 86 valence electrons. The first-order chi connectivity index (χ1) is 8.26. The molecule has 0 saturated carbocycles. The Labute approximate surface area is 98.3 Å². The summed E-state index contributed by atoms with van der Waals surface area (Å²) in [5, 5.41) is 0. The second-order valence-electron chi connectivity index (χ2n) is 3.34. The minimum Gasteiger partial charge on any atom is -0.467 e. The lowest BCUT2D eigenvalue weighted by atomic mass is 10.1. The summed E-state index contributed by atoms with van der Waals surface area (Å²) < 4.78 is 4.94. The van der Waals surface area contributed by atoms with E-state index in [1.165, 1.54) is 7.11 Å². The number of hydrogen-bond acceptors (Lipinski definition) is 5. The molecule has 1 aromatic heterocycles. The first-order valence-corrected chi connectivity index (χ1v) is 4.98. The minimum atomic E-state index is 0.116. The fourth-order valence-electron chi connectivity index (χ4n) is 1.49. The van der Waals surface area contributed by atoms with Crippen molar-refractivity contribution in [1.29, 1.82) is 0 Å². The van der Waals surface area contributed by atoms with Gasteiger partial charge in [0.25, 0.3) is 0 Å². The topological polar surface area (TPSA) is 78.1 Å². The van der Waals surface area contributed by atoms with E-state index in [0.29, 0.717) is 12.0 Å². The molecule has 0 atom stereocenters. The smallest absolute Gasteiger partial charge is 0.318 e. The van der Waals surface area contributed by atoms with Crippen molar-refractivity contribution in [2.75, 3.05) is 12.8 Å². The van der Waals surface area contributed by atoms with Gasteiger partial charge < -0.3 is 10.5 Å². The molecule has 0 fully saturated rings. The molecular weight excluding hydrogens is 218 g/mol. The maximum Gasteiger partial charge on any atom is 0.318 e. The number of hydrogen-bond donors (Lipinski definition) is 1. The van der Waals surface area contributed by atoms with Gasteiger partial charge in [0.15, 0.2) is 6.29 Å². The summed E-state index contributed by atoms with van der Waals surface area (Å²) in [4.78, 5) is 19.0. The number of carbonyl (C=O) groups excluding carboxylic acids is 1. The molecule has 2 aromatic rings. The fourth-order valence-corrected chi connectivity index (χ4v) is 1.49. The minimum absolute atomic E-state index is 0.116. The van der Waals surface area contributed by atoms with E-state index in [0.717, 1.165) is 5.56 Å². The van der Waals surface area contributed by atoms with Gasteiger partial charge in [-0.3, -0.25) is 4.79 Å². The van der Waals surface area contributed by atoms with Gasteiger partial charge in [-0.2, -0.15) is 9.97 Å². The summed E-state index contributed by atoms with van der Waals surface area (Å²) in [5.74, 6) is 0.116. The highest BCUT2D eigenvalue weighted by Gasteiger charge is 2.13. The van der Waals surface area contributed by atoms with Crippen LogP contribution in [0, 0.1) is 0 Å². The van der Waals surface area contributed by atoms with Gasteiger partial charge in [0.05, 0.1) is 18.4 Å². The lowest BCUT2D eigenvalue weighted by molar-refractivity contribution is 0.112. The monoisotopic (exact) mass is 229 g/mol. The third-order valence-electron chi connectivity index (χ3n) is 2.30. The van der Waals surface area contributed by atoms with Gasteiger partial charge in [0.1, 0.15) is 5.82 Å². The van der Waals surface area contributed by atoms with Crippen LogP contribution in [0.4, 0.5) is 5.82 Å². The predicted molar refractivity (Wildman–Crippen MR) is 63.8 cm³/mol. The molecular formula is C12H11N3O2. The van der Waals surface area contributed by atoms with Gasteiger partial charge in [-0.25, -0.2) is 0 Å². The molecule has 1 heterocycles. The normalized spacial score (nSPS) is 9.94. The van der Waals surface area contributed by atoms with Gasteiger partial charge >= 0.3 is 6.01 Å². The number of anilines is 1. The fraction of sp³-hybridized carbons (Fsp3) is 0.0833. The zero-order chi connectivity index (χ0) is 12.3. The second kappa shape index (κ2) is 4.61. The van der Waals surface area contributed by atoms with Crippen LogP contribution in [0.3, 0.4) is 0 Å². The molecule has 17 heavy (non-hydrogen) atoms. The summed E-state index contributed by atoms with van der Waals surface area (Å²) in [6, 6.07) is 9.42. The molecule has 1 aromatic carbocycles. The number of nitrogens with two attached hydrogens (primary N) is 1. The van der Waals surface area contributed by atoms with E-state index < -0.39 is 0 Å². The van der Waals surface area contributed by atoms with Crippen molar-refractivity contribution in [1.82, 2.24) is 9.97 Å². The molecule has 0 radical (unpaired) electrons. The number of aldehydes is 1. The van der Waals surface area contributed by atoms with Crippen molar-refractivity contribution in [3.63, 3.8) is 0 Å². The van der Waals surface area contributed by atoms with Crippen LogP contribution < -0.4 is 10.5 Å². The number of carbonyl (C=O) groups is 1. The van der Waals surface area contributed by atoms with E-state index in [-0.39, 0.29) is 17.4 Å². The number of ether oxygens (including phenoxy) is 1. The highest BCUT2D eigenvalue weighted by Crippen LogP contribution is 2.25. The van der Waals surface area contributed by atoms with Crippen molar-refractivity contribution in [3.05, 3.63) is 35.9 Å². The number of rotatable bonds is 3. The highest BCUT2D eigenvalue weighted by atomic mass is 16.5. The molecule has 2 rings (SSSR count). The summed E-state index contributed by atoms with van der Waals surface area (Å²) in [6.45, 7) is 0. The molecule has 0 aliphatic rings. The summed E-state index contributed by atoms with van der Waals surface area (Å²) in [6.07, 6.45) is 0.650. The average molecular weight is 229 g/mol. The molecule has 0 spiro atoms. The summed E-state index contributed by atoms with van der Waals surface area (Å²) in [5.41, 5.74) is 7.23. The number of aromatic nitrogens is 2. The lowest BCUT2D eigenvalue weighted by Crippen LogP contribution is -2.04. The largest absolute Gasteiger partial charge is 0.467 e. The maximum atomic E-state index is 11.0. The molecule has 0 aliphatic heterocycles. The van der Waals surface area contributed by atoms with Crippen molar-refractivity contribution in [2.24, 2.45) is 0 Å². The number of methoxy groups -OCH3 is 1. The Morgan fingerprint density at radius 1 is 1.24 bits per heavy atom. The Kier molecular flexibility index (Phi) is 3.00. The van der Waals surface area contributed by atoms with Gasteiger partial charge in [-0.1, -0.05) is 30.3 Å². The predicted octanol–water partition coefficient (Wildman–Crippen LogP) is 1.55. The Balaban J connectivity index is 2.66. The van der Waals surface area contributed by atoms with Crippen LogP contribution in [0.25, 0.3) is 11.3 Å². The third kappa shape index (κ3) is 2.08. The highest BCUT2D eigenvalue weighted by molar-refractivity contribution is 5.91. The zero-order valence-corrected chi connectivity index (χ0v) is 9.25. The molecule has 0 aliphatic carbocycles. The SMILES string of the molecule is COc1nc(N)c(C=O)c(-c2ccccc2)n1. The van der Waals surface area contributed by atoms with Gasteiger partial charge in [-0.05, 0) is 0 Å². The van der Waals surface area contributed by atoms with E-state index in [1.54, 1.807) is 0 Å². The van der Waals surface area contributed by atoms with Crippen molar-refractivity contribution in [3.8, 4) is 17.3 Å². The molecule has 5 heteroatoms. The van der Waals surface area contributed by atoms with E-state index >= 15 is 0 Å². The summed E-state index contributed by atoms with van der Waals surface area (Å²) in [7, 11) is 1.45. The van der Waals surface area contributed by atoms with Crippen molar-refractivity contribution < 1.29 is 9.53 Å². The van der Waals surface area contributed by atoms with Crippen LogP contribution in [0.5, 0.6) is 6.01 Å². The maximum absolute atomic E-state index is 11.0. The van der Waals surface area contributed by atoms with E-state index in [9.17, 15) is 4.79 Å². The van der Waals surface area contributed by atoms with E-state index in [1.807, 2.05) is 30.3 Å². The Morgan fingerprint density at radius 2 is 1.94 bits per heavy atom. The van der Waals surface area contributed by atoms with Gasteiger partial charge in [0.2, 0.25) is 0 Å². The van der Waals surface area contributed by atoms with Crippen LogP contribution in [0.15, 0.2) is 30.3 Å². The molecule has 2 N–H and O–H groups in total. The standard InChI is InChI=1S/C12H11N3O2/c1-17-12-14-10(8-5-3-2-4-6-8)9(7-16)11(13)15-12/h2-7H,1H3,(H2,13,14,15). The molecule has 0 amide bonds. The number of nitrogen functional groups attached to an aromatic ring is 1. The number of nitrogens with zero attached hydrogens (tertiary/aromatic N) is 2. The Morgan fingerprint density at radius 3 is 2.53 bits per heavy atom. The van der Waals surface area contributed by atoms with Crippen LogP contribution >= 0.6 is 0 Å². The van der Waals surface area contributed by atoms with Gasteiger partial charge in [0, 0.05) is 5.56 Å². The molecule has 0 saturated heterocycles. The summed E-state index contributed by atoms with van der Waals surface area (Å²) >= 11 is 0. The molecule has 0 unspecified atom stereocenters. The van der Waals surface area contributed by atoms with Crippen LogP contribution in [0.1, 0.15) is 10.4 Å². The third-order valence-corrected chi connectivity index (χ3v) is 2.30. The average Bonchev–Trinajstić information content (AvgIpc) is 2.38. The first-order valence-electron chi connectivity index (χ1n) is 4.98. The zero-order valence-electron chi connectivity index (χ0n) is 9.25. The van der Waals surface area contributed by atoms with Crippen LogP contribution in [-0.2, 0) is 0 Å². The molecule has 0 bridgehead atoms. The van der Waals surface area contributed by atoms with Crippen LogP contribution in [0.2, 0.25) is 0 Å². The van der Waals surface area contributed by atoms with Gasteiger partial charge in [-0.15, -0.1) is 0 Å². The van der Waals surface area contributed by atoms with Crippen molar-refractivity contribution in [2.45, 2.75) is 0 Å². The molecule has 5 nitrogen and oxygen atoms in total. The van der Waals surface area contributed by atoms with Crippen LogP contribution in [-0.4, -0.2) is 23.4 Å². The second-order valence-corrected chi connectivity index (χ2v) is 3.34. The Hall–Kier alpha value is -2.43. The van der Waals surface area contributed by atoms with E-state index in [4.69, 9.17) is 10.5 Å².